The van der Waals surface area contributed by atoms with Crippen LogP contribution in [0.4, 0.5) is 17.1 Å². The number of hydrogen-bond donors (Lipinski definition) is 0. The standard InChI is InChI=1S/C54H35NS/c1-2-10-38(11-3-1)46-13-6-8-16-51(46)55(45-31-26-37(27-32-45)43-28-33-53-50(35-43)48-15-7-9-17-52(48)56-53)44-29-24-36(25-30-44)42-23-20-40-19-22-41-21-18-39-12-4-5-14-47(39)54(41)49(40)34-42/h1-35H. The molecule has 0 atom stereocenters. The predicted molar refractivity (Wildman–Crippen MR) is 243 cm³/mol. The van der Waals surface area contributed by atoms with Gasteiger partial charge in [-0.05, 0) is 115 Å². The molecule has 0 fully saturated rings. The molecule has 56 heavy (non-hydrogen) atoms. The van der Waals surface area contributed by atoms with E-state index in [4.69, 9.17) is 0 Å². The molecule has 1 aromatic heterocycles. The third-order valence-electron chi connectivity index (χ3n) is 11.3. The van der Waals surface area contributed by atoms with Gasteiger partial charge in [-0.15, -0.1) is 11.3 Å². The van der Waals surface area contributed by atoms with E-state index in [0.717, 1.165) is 17.1 Å². The molecular weight excluding hydrogens is 695 g/mol. The van der Waals surface area contributed by atoms with Crippen molar-refractivity contribution >= 4 is 80.9 Å². The van der Waals surface area contributed by atoms with Gasteiger partial charge in [0, 0.05) is 37.1 Å². The number of para-hydroxylation sites is 1. The Morgan fingerprint density at radius 3 is 1.57 bits per heavy atom. The minimum Gasteiger partial charge on any atom is -0.310 e. The van der Waals surface area contributed by atoms with Gasteiger partial charge in [0.25, 0.3) is 0 Å². The number of benzene rings is 10. The summed E-state index contributed by atoms with van der Waals surface area (Å²) >= 11 is 1.86. The van der Waals surface area contributed by atoms with E-state index in [0.29, 0.717) is 0 Å². The molecule has 0 unspecified atom stereocenters. The van der Waals surface area contributed by atoms with Crippen LogP contribution >= 0.6 is 11.3 Å². The van der Waals surface area contributed by atoms with Crippen LogP contribution in [-0.4, -0.2) is 0 Å². The molecule has 0 amide bonds. The molecule has 10 aromatic carbocycles. The monoisotopic (exact) mass is 729 g/mol. The molecule has 0 bridgehead atoms. The maximum absolute atomic E-state index is 2.39. The first-order valence-electron chi connectivity index (χ1n) is 19.2. The van der Waals surface area contributed by atoms with Gasteiger partial charge in [-0.2, -0.15) is 0 Å². The van der Waals surface area contributed by atoms with Crippen molar-refractivity contribution in [1.29, 1.82) is 0 Å². The van der Waals surface area contributed by atoms with E-state index in [1.807, 2.05) is 11.3 Å². The second kappa shape index (κ2) is 13.4. The second-order valence-electron chi connectivity index (χ2n) is 14.5. The summed E-state index contributed by atoms with van der Waals surface area (Å²) in [6.45, 7) is 0. The number of hydrogen-bond acceptors (Lipinski definition) is 2. The molecule has 1 nitrogen and oxygen atoms in total. The van der Waals surface area contributed by atoms with Gasteiger partial charge in [0.2, 0.25) is 0 Å². The SMILES string of the molecule is c1ccc(-c2ccccc2N(c2ccc(-c3ccc4sc5ccccc5c4c3)cc2)c2ccc(-c3ccc4ccc5ccc6ccccc6c5c4c3)cc2)cc1. The van der Waals surface area contributed by atoms with Crippen molar-refractivity contribution in [3.63, 3.8) is 0 Å². The third-order valence-corrected chi connectivity index (χ3v) is 12.4. The molecule has 0 N–H and O–H groups in total. The predicted octanol–water partition coefficient (Wildman–Crippen LogP) is 16.0. The highest BCUT2D eigenvalue weighted by atomic mass is 32.1. The summed E-state index contributed by atoms with van der Waals surface area (Å²) < 4.78 is 2.65. The van der Waals surface area contributed by atoms with Crippen molar-refractivity contribution in [3.05, 3.63) is 212 Å². The van der Waals surface area contributed by atoms with Crippen LogP contribution in [0, 0.1) is 0 Å². The summed E-state index contributed by atoms with van der Waals surface area (Å²) in [5.74, 6) is 0. The Morgan fingerprint density at radius 2 is 0.821 bits per heavy atom. The maximum Gasteiger partial charge on any atom is 0.0540 e. The normalized spacial score (nSPS) is 11.6. The van der Waals surface area contributed by atoms with Crippen molar-refractivity contribution in [2.24, 2.45) is 0 Å². The minimum absolute atomic E-state index is 1.10. The molecule has 2 heteroatoms. The Bertz CT molecular complexity index is 3230. The second-order valence-corrected chi connectivity index (χ2v) is 15.6. The van der Waals surface area contributed by atoms with Crippen molar-refractivity contribution in [3.8, 4) is 33.4 Å². The molecule has 0 aliphatic rings. The first-order chi connectivity index (χ1) is 27.7. The summed E-state index contributed by atoms with van der Waals surface area (Å²) in [6, 6.07) is 77.7. The van der Waals surface area contributed by atoms with Crippen LogP contribution in [-0.2, 0) is 0 Å². The summed E-state index contributed by atoms with van der Waals surface area (Å²) in [5, 5.41) is 10.3. The van der Waals surface area contributed by atoms with Crippen LogP contribution in [0.2, 0.25) is 0 Å². The zero-order valence-electron chi connectivity index (χ0n) is 30.6. The maximum atomic E-state index is 2.39. The molecule has 11 rings (SSSR count). The van der Waals surface area contributed by atoms with E-state index in [1.54, 1.807) is 0 Å². The molecule has 0 aliphatic heterocycles. The molecule has 262 valence electrons. The molecule has 0 radical (unpaired) electrons. The van der Waals surface area contributed by atoms with Crippen molar-refractivity contribution in [2.75, 3.05) is 4.90 Å². The highest BCUT2D eigenvalue weighted by Gasteiger charge is 2.18. The average molecular weight is 730 g/mol. The molecule has 0 saturated carbocycles. The first-order valence-corrected chi connectivity index (χ1v) is 20.0. The van der Waals surface area contributed by atoms with Gasteiger partial charge in [0.05, 0.1) is 5.69 Å². The minimum atomic E-state index is 1.10. The Morgan fingerprint density at radius 1 is 0.304 bits per heavy atom. The molecule has 0 saturated heterocycles. The Balaban J connectivity index is 1.01. The quantitative estimate of drug-likeness (QED) is 0.154. The number of rotatable bonds is 6. The fourth-order valence-electron chi connectivity index (χ4n) is 8.47. The fourth-order valence-corrected chi connectivity index (χ4v) is 9.56. The van der Waals surface area contributed by atoms with Gasteiger partial charge < -0.3 is 4.90 Å². The lowest BCUT2D eigenvalue weighted by molar-refractivity contribution is 1.28. The molecule has 0 aliphatic carbocycles. The summed E-state index contributed by atoms with van der Waals surface area (Å²) in [7, 11) is 0. The lowest BCUT2D eigenvalue weighted by atomic mass is 9.94. The van der Waals surface area contributed by atoms with E-state index in [9.17, 15) is 0 Å². The van der Waals surface area contributed by atoms with Crippen LogP contribution in [0.1, 0.15) is 0 Å². The van der Waals surface area contributed by atoms with Gasteiger partial charge in [0.1, 0.15) is 0 Å². The highest BCUT2D eigenvalue weighted by molar-refractivity contribution is 7.25. The summed E-state index contributed by atoms with van der Waals surface area (Å²) in [5.41, 5.74) is 10.5. The topological polar surface area (TPSA) is 3.24 Å². The van der Waals surface area contributed by atoms with Crippen LogP contribution in [0.15, 0.2) is 212 Å². The van der Waals surface area contributed by atoms with E-state index >= 15 is 0 Å². The molecular formula is C54H35NS. The first kappa shape index (κ1) is 32.4. The molecule has 0 spiro atoms. The van der Waals surface area contributed by atoms with Gasteiger partial charge in [-0.25, -0.2) is 0 Å². The van der Waals surface area contributed by atoms with Crippen LogP contribution in [0.3, 0.4) is 0 Å². The summed E-state index contributed by atoms with van der Waals surface area (Å²) in [4.78, 5) is 2.39. The zero-order chi connectivity index (χ0) is 37.0. The summed E-state index contributed by atoms with van der Waals surface area (Å²) in [6.07, 6.45) is 0. The van der Waals surface area contributed by atoms with Crippen molar-refractivity contribution in [1.82, 2.24) is 0 Å². The lowest BCUT2D eigenvalue weighted by Gasteiger charge is -2.28. The third kappa shape index (κ3) is 5.54. The lowest BCUT2D eigenvalue weighted by Crippen LogP contribution is -2.11. The Kier molecular flexibility index (Phi) is 7.75. The molecule has 11 aromatic rings. The van der Waals surface area contributed by atoms with Gasteiger partial charge in [0.15, 0.2) is 0 Å². The fraction of sp³-hybridized carbons (Fsp3) is 0. The zero-order valence-corrected chi connectivity index (χ0v) is 31.4. The van der Waals surface area contributed by atoms with E-state index in [2.05, 4.69) is 217 Å². The number of thiophene rings is 1. The van der Waals surface area contributed by atoms with Crippen LogP contribution in [0.5, 0.6) is 0 Å². The van der Waals surface area contributed by atoms with E-state index in [-0.39, 0.29) is 0 Å². The van der Waals surface area contributed by atoms with Crippen molar-refractivity contribution < 1.29 is 0 Å². The van der Waals surface area contributed by atoms with Crippen LogP contribution < -0.4 is 4.90 Å². The van der Waals surface area contributed by atoms with Gasteiger partial charge in [-0.3, -0.25) is 0 Å². The Hall–Kier alpha value is -7.00. The Labute approximate surface area is 330 Å². The van der Waals surface area contributed by atoms with Crippen LogP contribution in [0.25, 0.3) is 85.9 Å². The number of anilines is 3. The van der Waals surface area contributed by atoms with Gasteiger partial charge in [-0.1, -0.05) is 158 Å². The molecule has 1 heterocycles. The van der Waals surface area contributed by atoms with Crippen molar-refractivity contribution in [2.45, 2.75) is 0 Å². The van der Waals surface area contributed by atoms with Gasteiger partial charge >= 0.3 is 0 Å². The largest absolute Gasteiger partial charge is 0.310 e. The van der Waals surface area contributed by atoms with E-state index in [1.165, 1.54) is 85.9 Å². The highest BCUT2D eigenvalue weighted by Crippen LogP contribution is 2.43. The number of nitrogens with zero attached hydrogens (tertiary/aromatic N) is 1. The van der Waals surface area contributed by atoms with E-state index < -0.39 is 0 Å². The number of fused-ring (bicyclic) bond motifs is 8. The smallest absolute Gasteiger partial charge is 0.0540 e. The average Bonchev–Trinajstić information content (AvgIpc) is 3.65.